The van der Waals surface area contributed by atoms with Crippen molar-refractivity contribution < 1.29 is 4.79 Å². The highest BCUT2D eigenvalue weighted by Gasteiger charge is 2.17. The Kier molecular flexibility index (Phi) is 2.28. The standard InChI is InChI=1S/C8H10N4OS/c1-5-6(3-9-12(5)2)10-8-11-7(13)4-14-8/h3H,4H2,1-2H3,(H,10,11,13). The van der Waals surface area contributed by atoms with Gasteiger partial charge < -0.3 is 5.32 Å². The summed E-state index contributed by atoms with van der Waals surface area (Å²) in [4.78, 5) is 15.2. The van der Waals surface area contributed by atoms with Gasteiger partial charge >= 0.3 is 0 Å². The molecule has 74 valence electrons. The second-order valence-electron chi connectivity index (χ2n) is 2.99. The van der Waals surface area contributed by atoms with Crippen molar-refractivity contribution in [2.24, 2.45) is 12.0 Å². The highest BCUT2D eigenvalue weighted by molar-refractivity contribution is 8.15. The molecule has 1 fully saturated rings. The fourth-order valence-corrected chi connectivity index (χ4v) is 1.78. The molecule has 1 aromatic rings. The van der Waals surface area contributed by atoms with Gasteiger partial charge in [0.05, 0.1) is 17.6 Å². The Hall–Kier alpha value is -1.30. The minimum atomic E-state index is 0.00953. The van der Waals surface area contributed by atoms with Crippen LogP contribution in [-0.2, 0) is 11.8 Å². The molecular formula is C8H10N4OS. The molecule has 2 rings (SSSR count). The van der Waals surface area contributed by atoms with E-state index in [1.54, 1.807) is 10.9 Å². The summed E-state index contributed by atoms with van der Waals surface area (Å²) in [5.41, 5.74) is 1.79. The Morgan fingerprint density at radius 1 is 1.71 bits per heavy atom. The molecule has 1 amide bonds. The van der Waals surface area contributed by atoms with Crippen LogP contribution in [0.1, 0.15) is 5.69 Å². The van der Waals surface area contributed by atoms with Gasteiger partial charge in [0.1, 0.15) is 5.69 Å². The molecule has 14 heavy (non-hydrogen) atoms. The number of hydrogen-bond donors (Lipinski definition) is 1. The first kappa shape index (κ1) is 9.26. The largest absolute Gasteiger partial charge is 0.304 e. The molecule has 0 aromatic carbocycles. The number of nitrogens with one attached hydrogen (secondary N) is 1. The summed E-state index contributed by atoms with van der Waals surface area (Å²) in [5.74, 6) is 0.466. The highest BCUT2D eigenvalue weighted by atomic mass is 32.2. The molecule has 0 atom stereocenters. The van der Waals surface area contributed by atoms with Crippen molar-refractivity contribution in [1.29, 1.82) is 0 Å². The SMILES string of the molecule is Cc1c(N=C2NC(=O)CS2)cnn1C. The average molecular weight is 210 g/mol. The third-order valence-corrected chi connectivity index (χ3v) is 2.89. The second-order valence-corrected chi connectivity index (χ2v) is 3.96. The molecule has 1 aliphatic heterocycles. The van der Waals surface area contributed by atoms with Gasteiger partial charge in [-0.25, -0.2) is 4.99 Å². The zero-order valence-corrected chi connectivity index (χ0v) is 8.76. The quantitative estimate of drug-likeness (QED) is 0.737. The maximum absolute atomic E-state index is 10.9. The van der Waals surface area contributed by atoms with Crippen LogP contribution in [0.5, 0.6) is 0 Å². The summed E-state index contributed by atoms with van der Waals surface area (Å²) >= 11 is 1.42. The van der Waals surface area contributed by atoms with Crippen molar-refractivity contribution in [2.45, 2.75) is 6.92 Å². The first-order chi connectivity index (χ1) is 6.66. The molecule has 6 heteroatoms. The van der Waals surface area contributed by atoms with Crippen LogP contribution >= 0.6 is 11.8 Å². The van der Waals surface area contributed by atoms with Crippen molar-refractivity contribution in [3.05, 3.63) is 11.9 Å². The Balaban J connectivity index is 2.25. The molecule has 1 saturated heterocycles. The number of aryl methyl sites for hydroxylation is 1. The van der Waals surface area contributed by atoms with Crippen molar-refractivity contribution in [2.75, 3.05) is 5.75 Å². The van der Waals surface area contributed by atoms with Crippen molar-refractivity contribution >= 4 is 28.5 Å². The Morgan fingerprint density at radius 3 is 3.00 bits per heavy atom. The predicted octanol–water partition coefficient (Wildman–Crippen LogP) is 0.579. The van der Waals surface area contributed by atoms with E-state index in [9.17, 15) is 4.79 Å². The summed E-state index contributed by atoms with van der Waals surface area (Å²) in [6.45, 7) is 1.94. The lowest BCUT2D eigenvalue weighted by Crippen LogP contribution is -2.19. The van der Waals surface area contributed by atoms with Gasteiger partial charge in [-0.1, -0.05) is 11.8 Å². The smallest absolute Gasteiger partial charge is 0.236 e. The zero-order valence-electron chi connectivity index (χ0n) is 7.94. The Morgan fingerprint density at radius 2 is 2.50 bits per heavy atom. The van der Waals surface area contributed by atoms with Gasteiger partial charge in [0, 0.05) is 7.05 Å². The fraction of sp³-hybridized carbons (Fsp3) is 0.375. The van der Waals surface area contributed by atoms with Gasteiger partial charge in [-0.15, -0.1) is 0 Å². The molecule has 0 aliphatic carbocycles. The number of hydrogen-bond acceptors (Lipinski definition) is 4. The van der Waals surface area contributed by atoms with E-state index >= 15 is 0 Å². The number of aromatic nitrogens is 2. The maximum atomic E-state index is 10.9. The second kappa shape index (κ2) is 3.45. The van der Waals surface area contributed by atoms with Gasteiger partial charge in [0.15, 0.2) is 5.17 Å². The third kappa shape index (κ3) is 1.65. The molecular weight excluding hydrogens is 200 g/mol. The minimum Gasteiger partial charge on any atom is -0.304 e. The van der Waals surface area contributed by atoms with Gasteiger partial charge in [-0.05, 0) is 6.92 Å². The predicted molar refractivity (Wildman–Crippen MR) is 55.6 cm³/mol. The van der Waals surface area contributed by atoms with E-state index in [1.807, 2.05) is 14.0 Å². The number of thioether (sulfide) groups is 1. The number of rotatable bonds is 1. The number of aliphatic imine (C=N–C) groups is 1. The number of carbonyl (C=O) groups excluding carboxylic acids is 1. The molecule has 0 bridgehead atoms. The molecule has 1 N–H and O–H groups in total. The third-order valence-electron chi connectivity index (χ3n) is 2.02. The minimum absolute atomic E-state index is 0.00953. The summed E-state index contributed by atoms with van der Waals surface area (Å²) in [6, 6.07) is 0. The van der Waals surface area contributed by atoms with Crippen LogP contribution in [0.2, 0.25) is 0 Å². The first-order valence-corrected chi connectivity index (χ1v) is 5.15. The lowest BCUT2D eigenvalue weighted by molar-refractivity contribution is -0.116. The van der Waals surface area contributed by atoms with E-state index in [2.05, 4.69) is 15.4 Å². The van der Waals surface area contributed by atoms with E-state index < -0.39 is 0 Å². The molecule has 1 aliphatic rings. The van der Waals surface area contributed by atoms with E-state index in [4.69, 9.17) is 0 Å². The van der Waals surface area contributed by atoms with Crippen molar-refractivity contribution in [3.8, 4) is 0 Å². The van der Waals surface area contributed by atoms with Crippen LogP contribution in [-0.4, -0.2) is 26.6 Å². The Labute approximate surface area is 85.6 Å². The van der Waals surface area contributed by atoms with Crippen LogP contribution in [0.4, 0.5) is 5.69 Å². The average Bonchev–Trinajstić information content (AvgIpc) is 2.67. The van der Waals surface area contributed by atoms with Gasteiger partial charge in [-0.3, -0.25) is 9.48 Å². The normalized spacial score (nSPS) is 19.0. The van der Waals surface area contributed by atoms with Gasteiger partial charge in [0.25, 0.3) is 0 Å². The molecule has 2 heterocycles. The molecule has 0 unspecified atom stereocenters. The maximum Gasteiger partial charge on any atom is 0.236 e. The first-order valence-electron chi connectivity index (χ1n) is 4.17. The van der Waals surface area contributed by atoms with Crippen LogP contribution in [0, 0.1) is 6.92 Å². The zero-order chi connectivity index (χ0) is 10.1. The van der Waals surface area contributed by atoms with Crippen LogP contribution < -0.4 is 5.32 Å². The van der Waals surface area contributed by atoms with Crippen LogP contribution in [0.3, 0.4) is 0 Å². The topological polar surface area (TPSA) is 59.3 Å². The number of carbonyl (C=O) groups is 1. The molecule has 0 saturated carbocycles. The van der Waals surface area contributed by atoms with Gasteiger partial charge in [-0.2, -0.15) is 5.10 Å². The number of amidine groups is 1. The molecule has 0 radical (unpaired) electrons. The molecule has 5 nitrogen and oxygen atoms in total. The summed E-state index contributed by atoms with van der Waals surface area (Å²) in [5, 5.41) is 7.40. The fourth-order valence-electron chi connectivity index (χ4n) is 1.09. The summed E-state index contributed by atoms with van der Waals surface area (Å²) in [6.07, 6.45) is 1.69. The lowest BCUT2D eigenvalue weighted by Gasteiger charge is -1.96. The summed E-state index contributed by atoms with van der Waals surface area (Å²) < 4.78 is 1.75. The van der Waals surface area contributed by atoms with Crippen molar-refractivity contribution in [3.63, 3.8) is 0 Å². The monoisotopic (exact) mass is 210 g/mol. The molecule has 1 aromatic heterocycles. The van der Waals surface area contributed by atoms with E-state index in [1.165, 1.54) is 11.8 Å². The Bertz CT molecular complexity index is 409. The van der Waals surface area contributed by atoms with E-state index in [0.29, 0.717) is 10.9 Å². The lowest BCUT2D eigenvalue weighted by atomic mass is 10.4. The van der Waals surface area contributed by atoms with Crippen molar-refractivity contribution in [1.82, 2.24) is 15.1 Å². The van der Waals surface area contributed by atoms with Crippen LogP contribution in [0.15, 0.2) is 11.2 Å². The van der Waals surface area contributed by atoms with E-state index in [-0.39, 0.29) is 5.91 Å². The van der Waals surface area contributed by atoms with Crippen LogP contribution in [0.25, 0.3) is 0 Å². The molecule has 0 spiro atoms. The van der Waals surface area contributed by atoms with E-state index in [0.717, 1.165) is 11.4 Å². The summed E-state index contributed by atoms with van der Waals surface area (Å²) in [7, 11) is 1.86. The van der Waals surface area contributed by atoms with Gasteiger partial charge in [0.2, 0.25) is 5.91 Å². The number of nitrogens with zero attached hydrogens (tertiary/aromatic N) is 3. The number of amides is 1. The highest BCUT2D eigenvalue weighted by Crippen LogP contribution is 2.20.